The molecule has 3 heteroatoms. The van der Waals surface area contributed by atoms with Gasteiger partial charge in [0.25, 0.3) is 0 Å². The normalized spacial score (nSPS) is 25.3. The summed E-state index contributed by atoms with van der Waals surface area (Å²) in [6.07, 6.45) is 2.72. The summed E-state index contributed by atoms with van der Waals surface area (Å²) in [5.74, 6) is 0.618. The van der Waals surface area contributed by atoms with Gasteiger partial charge >= 0.3 is 0 Å². The van der Waals surface area contributed by atoms with Crippen molar-refractivity contribution in [2.45, 2.75) is 31.7 Å². The number of carbonyl (C=O) groups excluding carboxylic acids is 1. The first kappa shape index (κ1) is 10.8. The molecule has 0 radical (unpaired) electrons. The molecule has 1 aromatic carbocycles. The van der Waals surface area contributed by atoms with Crippen molar-refractivity contribution in [1.82, 2.24) is 0 Å². The number of para-hydroxylation sites is 1. The minimum absolute atomic E-state index is 0.108. The van der Waals surface area contributed by atoms with E-state index in [0.717, 1.165) is 31.5 Å². The Hall–Kier alpha value is -1.35. The van der Waals surface area contributed by atoms with Crippen LogP contribution in [0.15, 0.2) is 24.3 Å². The zero-order valence-corrected chi connectivity index (χ0v) is 10.1. The van der Waals surface area contributed by atoms with Gasteiger partial charge in [0.15, 0.2) is 0 Å². The summed E-state index contributed by atoms with van der Waals surface area (Å²) in [5, 5.41) is 0. The SMILES string of the molecule is CC1Cc2ccccc2N(C(=O)C2(N)CC2)C1. The highest BCUT2D eigenvalue weighted by molar-refractivity contribution is 6.02. The smallest absolute Gasteiger partial charge is 0.247 e. The molecule has 1 amide bonds. The summed E-state index contributed by atoms with van der Waals surface area (Å²) in [7, 11) is 0. The van der Waals surface area contributed by atoms with Crippen molar-refractivity contribution in [3.05, 3.63) is 29.8 Å². The van der Waals surface area contributed by atoms with Crippen molar-refractivity contribution in [1.29, 1.82) is 0 Å². The summed E-state index contributed by atoms with van der Waals surface area (Å²) in [4.78, 5) is 14.3. The van der Waals surface area contributed by atoms with Gasteiger partial charge in [0.05, 0.1) is 5.54 Å². The molecule has 2 aliphatic rings. The van der Waals surface area contributed by atoms with Crippen LogP contribution in [-0.2, 0) is 11.2 Å². The first-order valence-corrected chi connectivity index (χ1v) is 6.29. The maximum Gasteiger partial charge on any atom is 0.247 e. The monoisotopic (exact) mass is 230 g/mol. The van der Waals surface area contributed by atoms with Gasteiger partial charge < -0.3 is 10.6 Å². The second-order valence-corrected chi connectivity index (χ2v) is 5.51. The summed E-state index contributed by atoms with van der Waals surface area (Å²) < 4.78 is 0. The molecular weight excluding hydrogens is 212 g/mol. The molecular formula is C14H18N2O. The van der Waals surface area contributed by atoms with Gasteiger partial charge in [-0.3, -0.25) is 4.79 Å². The Balaban J connectivity index is 1.97. The molecule has 1 fully saturated rings. The number of amides is 1. The predicted molar refractivity (Wildman–Crippen MR) is 67.8 cm³/mol. The van der Waals surface area contributed by atoms with E-state index in [1.165, 1.54) is 5.56 Å². The Bertz CT molecular complexity index is 465. The van der Waals surface area contributed by atoms with Crippen LogP contribution in [-0.4, -0.2) is 18.0 Å². The number of hydrogen-bond donors (Lipinski definition) is 1. The average Bonchev–Trinajstić information content (AvgIpc) is 3.06. The molecule has 0 bridgehead atoms. The van der Waals surface area contributed by atoms with Gasteiger partial charge in [-0.25, -0.2) is 0 Å². The number of fused-ring (bicyclic) bond motifs is 1. The highest BCUT2D eigenvalue weighted by Crippen LogP contribution is 2.38. The topological polar surface area (TPSA) is 46.3 Å². The molecule has 17 heavy (non-hydrogen) atoms. The van der Waals surface area contributed by atoms with Crippen molar-refractivity contribution < 1.29 is 4.79 Å². The molecule has 1 aromatic rings. The van der Waals surface area contributed by atoms with Crippen molar-refractivity contribution in [2.75, 3.05) is 11.4 Å². The zero-order valence-electron chi connectivity index (χ0n) is 10.1. The third kappa shape index (κ3) is 1.75. The van der Waals surface area contributed by atoms with Crippen LogP contribution in [0.3, 0.4) is 0 Å². The molecule has 1 heterocycles. The number of carbonyl (C=O) groups is 1. The molecule has 1 unspecified atom stereocenters. The van der Waals surface area contributed by atoms with E-state index in [4.69, 9.17) is 5.73 Å². The Morgan fingerprint density at radius 2 is 2.12 bits per heavy atom. The summed E-state index contributed by atoms with van der Waals surface area (Å²) >= 11 is 0. The fourth-order valence-electron chi connectivity index (χ4n) is 2.61. The molecule has 1 atom stereocenters. The number of benzene rings is 1. The van der Waals surface area contributed by atoms with E-state index >= 15 is 0 Å². The van der Waals surface area contributed by atoms with E-state index in [2.05, 4.69) is 13.0 Å². The van der Waals surface area contributed by atoms with Gasteiger partial charge in [0.2, 0.25) is 5.91 Å². The zero-order chi connectivity index (χ0) is 12.0. The van der Waals surface area contributed by atoms with Crippen LogP contribution in [0.1, 0.15) is 25.3 Å². The number of hydrogen-bond acceptors (Lipinski definition) is 2. The lowest BCUT2D eigenvalue weighted by molar-refractivity contribution is -0.120. The lowest BCUT2D eigenvalue weighted by atomic mass is 9.93. The third-order valence-electron chi connectivity index (χ3n) is 3.80. The molecule has 1 saturated carbocycles. The lowest BCUT2D eigenvalue weighted by Gasteiger charge is -2.34. The van der Waals surface area contributed by atoms with Crippen LogP contribution in [0, 0.1) is 5.92 Å². The van der Waals surface area contributed by atoms with Crippen LogP contribution in [0.5, 0.6) is 0 Å². The molecule has 1 aliphatic heterocycles. The first-order chi connectivity index (χ1) is 8.10. The molecule has 1 aliphatic carbocycles. The molecule has 0 saturated heterocycles. The number of nitrogens with two attached hydrogens (primary N) is 1. The lowest BCUT2D eigenvalue weighted by Crippen LogP contribution is -2.49. The first-order valence-electron chi connectivity index (χ1n) is 6.29. The second kappa shape index (κ2) is 3.57. The molecule has 0 spiro atoms. The van der Waals surface area contributed by atoms with E-state index in [9.17, 15) is 4.79 Å². The van der Waals surface area contributed by atoms with Gasteiger partial charge in [-0.15, -0.1) is 0 Å². The van der Waals surface area contributed by atoms with Crippen molar-refractivity contribution >= 4 is 11.6 Å². The summed E-state index contributed by atoms with van der Waals surface area (Å²) in [6, 6.07) is 8.17. The second-order valence-electron chi connectivity index (χ2n) is 5.51. The van der Waals surface area contributed by atoms with E-state index in [-0.39, 0.29) is 5.91 Å². The standard InChI is InChI=1S/C14H18N2O/c1-10-8-11-4-2-3-5-12(11)16(9-10)13(17)14(15)6-7-14/h2-5,10H,6-9,15H2,1H3. The van der Waals surface area contributed by atoms with Gasteiger partial charge in [-0.05, 0) is 36.8 Å². The van der Waals surface area contributed by atoms with E-state index in [1.807, 2.05) is 23.1 Å². The summed E-state index contributed by atoms with van der Waals surface area (Å²) in [5.41, 5.74) is 7.80. The van der Waals surface area contributed by atoms with Crippen LogP contribution in [0.25, 0.3) is 0 Å². The van der Waals surface area contributed by atoms with Crippen LogP contribution in [0.2, 0.25) is 0 Å². The maximum atomic E-state index is 12.4. The fourth-order valence-corrected chi connectivity index (χ4v) is 2.61. The quantitative estimate of drug-likeness (QED) is 0.798. The highest BCUT2D eigenvalue weighted by Gasteiger charge is 2.49. The molecule has 3 nitrogen and oxygen atoms in total. The minimum Gasteiger partial charge on any atom is -0.317 e. The molecule has 0 aromatic heterocycles. The Morgan fingerprint density at radius 1 is 1.41 bits per heavy atom. The van der Waals surface area contributed by atoms with Gasteiger partial charge in [-0.2, -0.15) is 0 Å². The van der Waals surface area contributed by atoms with E-state index in [1.54, 1.807) is 0 Å². The number of nitrogens with zero attached hydrogens (tertiary/aromatic N) is 1. The van der Waals surface area contributed by atoms with Crippen LogP contribution in [0.4, 0.5) is 5.69 Å². The Kier molecular flexibility index (Phi) is 2.26. The average molecular weight is 230 g/mol. The molecule has 2 N–H and O–H groups in total. The third-order valence-corrected chi connectivity index (χ3v) is 3.80. The van der Waals surface area contributed by atoms with Crippen LogP contribution < -0.4 is 10.6 Å². The maximum absolute atomic E-state index is 12.4. The number of anilines is 1. The van der Waals surface area contributed by atoms with Gasteiger partial charge in [0.1, 0.15) is 0 Å². The van der Waals surface area contributed by atoms with E-state index in [0.29, 0.717) is 5.92 Å². The van der Waals surface area contributed by atoms with Gasteiger partial charge in [-0.1, -0.05) is 25.1 Å². The van der Waals surface area contributed by atoms with Crippen LogP contribution >= 0.6 is 0 Å². The van der Waals surface area contributed by atoms with E-state index < -0.39 is 5.54 Å². The minimum atomic E-state index is -0.565. The fraction of sp³-hybridized carbons (Fsp3) is 0.500. The van der Waals surface area contributed by atoms with Crippen molar-refractivity contribution in [2.24, 2.45) is 11.7 Å². The molecule has 90 valence electrons. The van der Waals surface area contributed by atoms with Gasteiger partial charge in [0, 0.05) is 12.2 Å². The van der Waals surface area contributed by atoms with Crippen molar-refractivity contribution in [3.8, 4) is 0 Å². The van der Waals surface area contributed by atoms with Crippen molar-refractivity contribution in [3.63, 3.8) is 0 Å². The Morgan fingerprint density at radius 3 is 2.82 bits per heavy atom. The summed E-state index contributed by atoms with van der Waals surface area (Å²) in [6.45, 7) is 2.99. The number of rotatable bonds is 1. The highest BCUT2D eigenvalue weighted by atomic mass is 16.2. The Labute approximate surface area is 102 Å². The largest absolute Gasteiger partial charge is 0.317 e. The predicted octanol–water partition coefficient (Wildman–Crippen LogP) is 1.70. The molecule has 3 rings (SSSR count).